The molecule has 0 aromatic carbocycles. The molecule has 2 nitrogen and oxygen atoms in total. The lowest BCUT2D eigenvalue weighted by atomic mass is 10.2. The zero-order valence-corrected chi connectivity index (χ0v) is 6.28. The normalized spacial score (nSPS) is 12.1. The number of terminal acetylenes is 1. The van der Waals surface area contributed by atoms with E-state index in [0.717, 1.165) is 5.69 Å². The van der Waals surface area contributed by atoms with E-state index in [9.17, 15) is 0 Å². The molecule has 0 amide bonds. The monoisotopic (exact) mass is 147 g/mol. The highest BCUT2D eigenvalue weighted by Gasteiger charge is 2.02. The summed E-state index contributed by atoms with van der Waals surface area (Å²) in [5.74, 6) is 2.20. The summed E-state index contributed by atoms with van der Waals surface area (Å²) >= 11 is 0. The van der Waals surface area contributed by atoms with Crippen LogP contribution in [0.1, 0.15) is 17.5 Å². The number of hydrogen-bond donors (Lipinski definition) is 1. The number of rotatable bonds is 1. The second-order valence-electron chi connectivity index (χ2n) is 2.27. The summed E-state index contributed by atoms with van der Waals surface area (Å²) in [7, 11) is 0. The number of pyridine rings is 1. The average molecular weight is 147 g/mol. The standard InChI is InChI=1S/C9H9NO/c1-3-9(11)8-6-4-5-7(2)10-8/h1,4-6,9,11H,2H3/t9-/m0/s1. The zero-order chi connectivity index (χ0) is 8.27. The van der Waals surface area contributed by atoms with Crippen LogP contribution in [0.15, 0.2) is 18.2 Å². The van der Waals surface area contributed by atoms with E-state index < -0.39 is 6.10 Å². The molecule has 0 saturated heterocycles. The van der Waals surface area contributed by atoms with Crippen molar-refractivity contribution in [3.8, 4) is 12.3 Å². The second kappa shape index (κ2) is 3.18. The van der Waals surface area contributed by atoms with E-state index in [-0.39, 0.29) is 0 Å². The van der Waals surface area contributed by atoms with E-state index >= 15 is 0 Å². The van der Waals surface area contributed by atoms with Crippen molar-refractivity contribution in [2.75, 3.05) is 0 Å². The van der Waals surface area contributed by atoms with Crippen LogP contribution in [0.4, 0.5) is 0 Å². The predicted molar refractivity (Wildman–Crippen MR) is 42.8 cm³/mol. The van der Waals surface area contributed by atoms with Crippen LogP contribution in [-0.2, 0) is 0 Å². The minimum Gasteiger partial charge on any atom is -0.374 e. The third-order valence-corrected chi connectivity index (χ3v) is 1.35. The number of aryl methyl sites for hydroxylation is 1. The van der Waals surface area contributed by atoms with Gasteiger partial charge in [-0.25, -0.2) is 0 Å². The average Bonchev–Trinajstić information content (AvgIpc) is 2.03. The topological polar surface area (TPSA) is 33.1 Å². The number of aliphatic hydroxyl groups is 1. The van der Waals surface area contributed by atoms with E-state index in [1.165, 1.54) is 0 Å². The smallest absolute Gasteiger partial charge is 0.156 e. The van der Waals surface area contributed by atoms with E-state index in [0.29, 0.717) is 5.69 Å². The van der Waals surface area contributed by atoms with Crippen molar-refractivity contribution in [3.63, 3.8) is 0 Å². The lowest BCUT2D eigenvalue weighted by Crippen LogP contribution is -1.97. The molecule has 0 aliphatic rings. The maximum absolute atomic E-state index is 9.16. The Labute approximate surface area is 65.9 Å². The Morgan fingerprint density at radius 2 is 2.36 bits per heavy atom. The highest BCUT2D eigenvalue weighted by Crippen LogP contribution is 2.07. The molecule has 1 aromatic rings. The van der Waals surface area contributed by atoms with E-state index in [2.05, 4.69) is 10.9 Å². The van der Waals surface area contributed by atoms with Crippen LogP contribution in [0, 0.1) is 19.3 Å². The first-order valence-corrected chi connectivity index (χ1v) is 3.32. The lowest BCUT2D eigenvalue weighted by molar-refractivity contribution is 0.233. The van der Waals surface area contributed by atoms with Gasteiger partial charge in [0.2, 0.25) is 0 Å². The van der Waals surface area contributed by atoms with Gasteiger partial charge in [0.1, 0.15) is 0 Å². The molecule has 1 N–H and O–H groups in total. The van der Waals surface area contributed by atoms with Gasteiger partial charge < -0.3 is 5.11 Å². The molecular formula is C9H9NO. The first-order valence-electron chi connectivity index (χ1n) is 3.32. The Balaban J connectivity index is 2.98. The van der Waals surface area contributed by atoms with Gasteiger partial charge in [-0.2, -0.15) is 0 Å². The molecule has 0 radical (unpaired) electrons. The SMILES string of the molecule is C#C[C@H](O)c1cccc(C)n1. The molecular weight excluding hydrogens is 138 g/mol. The van der Waals surface area contributed by atoms with E-state index in [1.54, 1.807) is 6.07 Å². The van der Waals surface area contributed by atoms with Crippen molar-refractivity contribution in [1.29, 1.82) is 0 Å². The summed E-state index contributed by atoms with van der Waals surface area (Å²) in [6, 6.07) is 5.38. The van der Waals surface area contributed by atoms with Gasteiger partial charge >= 0.3 is 0 Å². The molecule has 0 fully saturated rings. The molecule has 0 bridgehead atoms. The van der Waals surface area contributed by atoms with Crippen LogP contribution in [0.5, 0.6) is 0 Å². The Kier molecular flexibility index (Phi) is 2.25. The van der Waals surface area contributed by atoms with Crippen molar-refractivity contribution in [3.05, 3.63) is 29.6 Å². The van der Waals surface area contributed by atoms with Gasteiger partial charge in [0, 0.05) is 5.69 Å². The van der Waals surface area contributed by atoms with Crippen LogP contribution in [0.3, 0.4) is 0 Å². The highest BCUT2D eigenvalue weighted by molar-refractivity contribution is 5.17. The predicted octanol–water partition coefficient (Wildman–Crippen LogP) is 1.06. The summed E-state index contributed by atoms with van der Waals surface area (Å²) in [5.41, 5.74) is 1.39. The van der Waals surface area contributed by atoms with Crippen LogP contribution < -0.4 is 0 Å². The fourth-order valence-corrected chi connectivity index (χ4v) is 0.802. The molecule has 0 unspecified atom stereocenters. The summed E-state index contributed by atoms with van der Waals surface area (Å²) in [5, 5.41) is 9.16. The third kappa shape index (κ3) is 1.79. The van der Waals surface area contributed by atoms with Gasteiger partial charge in [-0.05, 0) is 19.1 Å². The quantitative estimate of drug-likeness (QED) is 0.602. The van der Waals surface area contributed by atoms with Crippen LogP contribution >= 0.6 is 0 Å². The maximum Gasteiger partial charge on any atom is 0.156 e. The van der Waals surface area contributed by atoms with Gasteiger partial charge in [0.05, 0.1) is 5.69 Å². The summed E-state index contributed by atoms with van der Waals surface area (Å²) in [6.07, 6.45) is 4.13. The lowest BCUT2D eigenvalue weighted by Gasteiger charge is -2.01. The summed E-state index contributed by atoms with van der Waals surface area (Å²) in [6.45, 7) is 1.85. The number of hydrogen-bond acceptors (Lipinski definition) is 2. The summed E-state index contributed by atoms with van der Waals surface area (Å²) < 4.78 is 0. The van der Waals surface area contributed by atoms with Crippen molar-refractivity contribution in [2.45, 2.75) is 13.0 Å². The van der Waals surface area contributed by atoms with E-state index in [4.69, 9.17) is 11.5 Å². The fraction of sp³-hybridized carbons (Fsp3) is 0.222. The third-order valence-electron chi connectivity index (χ3n) is 1.35. The largest absolute Gasteiger partial charge is 0.374 e. The maximum atomic E-state index is 9.16. The highest BCUT2D eigenvalue weighted by atomic mass is 16.3. The molecule has 56 valence electrons. The Hall–Kier alpha value is -1.33. The minimum absolute atomic E-state index is 0.535. The summed E-state index contributed by atoms with van der Waals surface area (Å²) in [4.78, 5) is 4.05. The van der Waals surface area contributed by atoms with Gasteiger partial charge in [-0.15, -0.1) is 6.42 Å². The van der Waals surface area contributed by atoms with Crippen LogP contribution in [0.2, 0.25) is 0 Å². The number of nitrogens with zero attached hydrogens (tertiary/aromatic N) is 1. The van der Waals surface area contributed by atoms with Crippen molar-refractivity contribution in [2.24, 2.45) is 0 Å². The number of aliphatic hydroxyl groups excluding tert-OH is 1. The fourth-order valence-electron chi connectivity index (χ4n) is 0.802. The minimum atomic E-state index is -0.880. The van der Waals surface area contributed by atoms with Crippen molar-refractivity contribution >= 4 is 0 Å². The van der Waals surface area contributed by atoms with Gasteiger partial charge in [-0.1, -0.05) is 12.0 Å². The molecule has 1 heterocycles. The van der Waals surface area contributed by atoms with E-state index in [1.807, 2.05) is 19.1 Å². The van der Waals surface area contributed by atoms with Gasteiger partial charge in [-0.3, -0.25) is 4.98 Å². The Bertz CT molecular complexity index is 288. The Morgan fingerprint density at radius 1 is 1.64 bits per heavy atom. The van der Waals surface area contributed by atoms with Crippen LogP contribution in [0.25, 0.3) is 0 Å². The second-order valence-corrected chi connectivity index (χ2v) is 2.27. The molecule has 0 aliphatic carbocycles. The molecule has 1 atom stereocenters. The molecule has 2 heteroatoms. The number of aromatic nitrogens is 1. The van der Waals surface area contributed by atoms with Gasteiger partial charge in [0.25, 0.3) is 0 Å². The first-order chi connectivity index (χ1) is 5.24. The Morgan fingerprint density at radius 3 is 2.91 bits per heavy atom. The molecule has 0 saturated carbocycles. The molecule has 1 rings (SSSR count). The molecule has 11 heavy (non-hydrogen) atoms. The van der Waals surface area contributed by atoms with Gasteiger partial charge in [0.15, 0.2) is 6.10 Å². The van der Waals surface area contributed by atoms with Crippen LogP contribution in [-0.4, -0.2) is 10.1 Å². The van der Waals surface area contributed by atoms with Crippen molar-refractivity contribution in [1.82, 2.24) is 4.98 Å². The molecule has 0 spiro atoms. The first kappa shape index (κ1) is 7.77. The van der Waals surface area contributed by atoms with Crippen molar-refractivity contribution < 1.29 is 5.11 Å². The molecule has 1 aromatic heterocycles. The molecule has 0 aliphatic heterocycles. The zero-order valence-electron chi connectivity index (χ0n) is 6.28.